The second kappa shape index (κ2) is 6.95. The van der Waals surface area contributed by atoms with Gasteiger partial charge in [-0.15, -0.1) is 27.8 Å². The highest BCUT2D eigenvalue weighted by Gasteiger charge is 2.14. The SMILES string of the molecule is O=C(NCCn1cc(-c2nc(-c3cccs3)no2)nn1)c1cccs1. The number of carbonyl (C=O) groups is 1. The lowest BCUT2D eigenvalue weighted by Crippen LogP contribution is -2.26. The minimum absolute atomic E-state index is 0.0900. The molecule has 8 nitrogen and oxygen atoms in total. The summed E-state index contributed by atoms with van der Waals surface area (Å²) in [7, 11) is 0. The number of nitrogens with zero attached hydrogens (tertiary/aromatic N) is 5. The van der Waals surface area contributed by atoms with Gasteiger partial charge in [-0.1, -0.05) is 22.5 Å². The molecule has 1 N–H and O–H groups in total. The average Bonchev–Trinajstić information content (AvgIpc) is 3.42. The monoisotopic (exact) mass is 372 g/mol. The molecule has 0 spiro atoms. The van der Waals surface area contributed by atoms with E-state index >= 15 is 0 Å². The second-order valence-corrected chi connectivity index (χ2v) is 6.90. The summed E-state index contributed by atoms with van der Waals surface area (Å²) in [4.78, 5) is 17.8. The standard InChI is InChI=1S/C15H12N6O2S2/c22-14(12-4-2-8-25-12)16-5-6-21-9-10(18-20-21)15-17-13(19-23-15)11-3-1-7-24-11/h1-4,7-9H,5-6H2,(H,16,22). The predicted molar refractivity (Wildman–Crippen MR) is 93.3 cm³/mol. The van der Waals surface area contributed by atoms with Crippen molar-refractivity contribution in [1.29, 1.82) is 0 Å². The van der Waals surface area contributed by atoms with Gasteiger partial charge in [-0.25, -0.2) is 4.68 Å². The van der Waals surface area contributed by atoms with Crippen LogP contribution in [-0.4, -0.2) is 37.6 Å². The van der Waals surface area contributed by atoms with E-state index in [-0.39, 0.29) is 5.91 Å². The minimum Gasteiger partial charge on any atom is -0.349 e. The molecule has 0 unspecified atom stereocenters. The zero-order chi connectivity index (χ0) is 17.1. The van der Waals surface area contributed by atoms with E-state index in [1.54, 1.807) is 16.9 Å². The summed E-state index contributed by atoms with van der Waals surface area (Å²) in [5.74, 6) is 0.757. The molecule has 0 aromatic carbocycles. The second-order valence-electron chi connectivity index (χ2n) is 5.00. The maximum Gasteiger partial charge on any atom is 0.280 e. The molecule has 0 saturated heterocycles. The quantitative estimate of drug-likeness (QED) is 0.558. The Morgan fingerprint density at radius 2 is 2.12 bits per heavy atom. The van der Waals surface area contributed by atoms with Crippen LogP contribution in [0.5, 0.6) is 0 Å². The van der Waals surface area contributed by atoms with Gasteiger partial charge in [-0.05, 0) is 22.9 Å². The fourth-order valence-electron chi connectivity index (χ4n) is 2.12. The topological polar surface area (TPSA) is 98.7 Å². The number of thiophene rings is 2. The van der Waals surface area contributed by atoms with Crippen LogP contribution in [0.1, 0.15) is 9.67 Å². The molecule has 4 aromatic heterocycles. The summed E-state index contributed by atoms with van der Waals surface area (Å²) >= 11 is 2.94. The van der Waals surface area contributed by atoms with Gasteiger partial charge in [-0.3, -0.25) is 4.79 Å². The zero-order valence-electron chi connectivity index (χ0n) is 12.8. The van der Waals surface area contributed by atoms with Crippen molar-refractivity contribution in [3.8, 4) is 22.3 Å². The summed E-state index contributed by atoms with van der Waals surface area (Å²) in [5.41, 5.74) is 0.500. The first-order valence-corrected chi connectivity index (χ1v) is 9.15. The molecule has 0 aliphatic heterocycles. The maximum absolute atomic E-state index is 11.9. The lowest BCUT2D eigenvalue weighted by atomic mass is 10.4. The van der Waals surface area contributed by atoms with E-state index in [0.29, 0.717) is 35.4 Å². The Morgan fingerprint density at radius 3 is 2.92 bits per heavy atom. The molecule has 0 saturated carbocycles. The summed E-state index contributed by atoms with van der Waals surface area (Å²) in [6.07, 6.45) is 1.71. The van der Waals surface area contributed by atoms with E-state index in [4.69, 9.17) is 4.52 Å². The first kappa shape index (κ1) is 15.7. The number of nitrogens with one attached hydrogen (secondary N) is 1. The van der Waals surface area contributed by atoms with Crippen LogP contribution in [-0.2, 0) is 6.54 Å². The molecule has 4 aromatic rings. The van der Waals surface area contributed by atoms with Crippen molar-refractivity contribution in [2.45, 2.75) is 6.54 Å². The summed E-state index contributed by atoms with van der Waals surface area (Å²) in [6.45, 7) is 0.944. The van der Waals surface area contributed by atoms with Crippen molar-refractivity contribution < 1.29 is 9.32 Å². The molecule has 1 amide bonds. The Labute approximate surface area is 150 Å². The summed E-state index contributed by atoms with van der Waals surface area (Å²) in [6, 6.07) is 7.48. The zero-order valence-corrected chi connectivity index (χ0v) is 14.5. The summed E-state index contributed by atoms with van der Waals surface area (Å²) < 4.78 is 6.86. The molecule has 0 fully saturated rings. The number of carbonyl (C=O) groups excluding carboxylic acids is 1. The lowest BCUT2D eigenvalue weighted by molar-refractivity contribution is 0.0956. The fraction of sp³-hybridized carbons (Fsp3) is 0.133. The Morgan fingerprint density at radius 1 is 1.24 bits per heavy atom. The van der Waals surface area contributed by atoms with Gasteiger partial charge >= 0.3 is 0 Å². The third kappa shape index (κ3) is 3.49. The van der Waals surface area contributed by atoms with Crippen LogP contribution in [0.3, 0.4) is 0 Å². The third-order valence-electron chi connectivity index (χ3n) is 3.30. The molecular weight excluding hydrogens is 360 g/mol. The Hall–Kier alpha value is -2.85. The highest BCUT2D eigenvalue weighted by molar-refractivity contribution is 7.13. The summed E-state index contributed by atoms with van der Waals surface area (Å²) in [5, 5.41) is 18.7. The van der Waals surface area contributed by atoms with Gasteiger partial charge < -0.3 is 9.84 Å². The van der Waals surface area contributed by atoms with E-state index in [2.05, 4.69) is 25.8 Å². The number of hydrogen-bond donors (Lipinski definition) is 1. The molecule has 0 atom stereocenters. The first-order valence-electron chi connectivity index (χ1n) is 7.39. The number of hydrogen-bond acceptors (Lipinski definition) is 8. The molecule has 0 bridgehead atoms. The smallest absolute Gasteiger partial charge is 0.280 e. The Bertz CT molecular complexity index is 958. The van der Waals surface area contributed by atoms with Crippen molar-refractivity contribution in [2.75, 3.05) is 6.54 Å². The van der Waals surface area contributed by atoms with Crippen LogP contribution in [0.4, 0.5) is 0 Å². The molecule has 0 aliphatic carbocycles. The molecule has 0 radical (unpaired) electrons. The van der Waals surface area contributed by atoms with Gasteiger partial charge in [0.15, 0.2) is 5.69 Å². The highest BCUT2D eigenvalue weighted by atomic mass is 32.1. The van der Waals surface area contributed by atoms with Gasteiger partial charge in [0.2, 0.25) is 5.82 Å². The van der Waals surface area contributed by atoms with E-state index in [1.807, 2.05) is 29.0 Å². The van der Waals surface area contributed by atoms with Crippen molar-refractivity contribution in [2.24, 2.45) is 0 Å². The van der Waals surface area contributed by atoms with Crippen LogP contribution in [0.15, 0.2) is 45.7 Å². The van der Waals surface area contributed by atoms with Gasteiger partial charge in [-0.2, -0.15) is 4.98 Å². The highest BCUT2D eigenvalue weighted by Crippen LogP contribution is 2.24. The molecule has 4 heterocycles. The average molecular weight is 372 g/mol. The van der Waals surface area contributed by atoms with Crippen LogP contribution >= 0.6 is 22.7 Å². The van der Waals surface area contributed by atoms with Crippen LogP contribution < -0.4 is 5.32 Å². The lowest BCUT2D eigenvalue weighted by Gasteiger charge is -2.02. The van der Waals surface area contributed by atoms with Gasteiger partial charge in [0, 0.05) is 6.54 Å². The Kier molecular flexibility index (Phi) is 4.36. The van der Waals surface area contributed by atoms with E-state index < -0.39 is 0 Å². The van der Waals surface area contributed by atoms with E-state index in [1.165, 1.54) is 22.7 Å². The van der Waals surface area contributed by atoms with Gasteiger partial charge in [0.1, 0.15) is 0 Å². The van der Waals surface area contributed by atoms with Crippen molar-refractivity contribution in [1.82, 2.24) is 30.5 Å². The van der Waals surface area contributed by atoms with Gasteiger partial charge in [0.05, 0.1) is 22.5 Å². The maximum atomic E-state index is 11.9. The molecule has 126 valence electrons. The van der Waals surface area contributed by atoms with Crippen LogP contribution in [0, 0.1) is 0 Å². The molecular formula is C15H12N6O2S2. The van der Waals surface area contributed by atoms with Crippen molar-refractivity contribution >= 4 is 28.6 Å². The van der Waals surface area contributed by atoms with Crippen LogP contribution in [0.2, 0.25) is 0 Å². The van der Waals surface area contributed by atoms with Crippen LogP contribution in [0.25, 0.3) is 22.3 Å². The van der Waals surface area contributed by atoms with E-state index in [0.717, 1.165) is 4.88 Å². The van der Waals surface area contributed by atoms with E-state index in [9.17, 15) is 4.79 Å². The van der Waals surface area contributed by atoms with Crippen molar-refractivity contribution in [3.05, 3.63) is 46.1 Å². The van der Waals surface area contributed by atoms with Crippen molar-refractivity contribution in [3.63, 3.8) is 0 Å². The number of rotatable bonds is 6. The molecule has 4 rings (SSSR count). The molecule has 10 heteroatoms. The van der Waals surface area contributed by atoms with Gasteiger partial charge in [0.25, 0.3) is 11.8 Å². The largest absolute Gasteiger partial charge is 0.349 e. The molecule has 25 heavy (non-hydrogen) atoms. The first-order chi connectivity index (χ1) is 12.3. The third-order valence-corrected chi connectivity index (χ3v) is 5.03. The number of amides is 1. The number of aromatic nitrogens is 5. The molecule has 0 aliphatic rings. The minimum atomic E-state index is -0.0900. The fourth-order valence-corrected chi connectivity index (χ4v) is 3.41. The predicted octanol–water partition coefficient (Wildman–Crippen LogP) is 2.55. The Balaban J connectivity index is 1.37. The normalized spacial score (nSPS) is 10.9.